The van der Waals surface area contributed by atoms with Gasteiger partial charge in [0.05, 0.1) is 0 Å². The molecule has 1 rings (SSSR count). The second kappa shape index (κ2) is 10.8. The molecule has 0 aromatic heterocycles. The van der Waals surface area contributed by atoms with E-state index in [0.717, 1.165) is 5.56 Å². The van der Waals surface area contributed by atoms with Gasteiger partial charge in [-0.25, -0.2) is 4.79 Å². The SMILES string of the molecule is CC#CCOc1ccc(C[C@H](NC(=O)OC(C)(C)C)C(=O)NCC(=O)O)cc1. The Balaban J connectivity index is 2.82. The number of amides is 2. The molecule has 28 heavy (non-hydrogen) atoms. The summed E-state index contributed by atoms with van der Waals surface area (Å²) in [5.41, 5.74) is 0.0208. The zero-order valence-electron chi connectivity index (χ0n) is 16.5. The van der Waals surface area contributed by atoms with E-state index >= 15 is 0 Å². The smallest absolute Gasteiger partial charge is 0.408 e. The molecule has 8 heteroatoms. The molecule has 0 saturated carbocycles. The van der Waals surface area contributed by atoms with Gasteiger partial charge in [-0.05, 0) is 45.4 Å². The number of carbonyl (C=O) groups excluding carboxylic acids is 2. The predicted octanol–water partition coefficient (Wildman–Crippen LogP) is 1.73. The largest absolute Gasteiger partial charge is 0.481 e. The van der Waals surface area contributed by atoms with Crippen molar-refractivity contribution in [3.8, 4) is 17.6 Å². The van der Waals surface area contributed by atoms with E-state index < -0.39 is 36.2 Å². The fraction of sp³-hybridized carbons (Fsp3) is 0.450. The normalized spacial score (nSPS) is 11.4. The van der Waals surface area contributed by atoms with E-state index in [4.69, 9.17) is 14.6 Å². The first-order valence-corrected chi connectivity index (χ1v) is 8.71. The fourth-order valence-electron chi connectivity index (χ4n) is 2.09. The lowest BCUT2D eigenvalue weighted by Crippen LogP contribution is -2.50. The molecule has 1 atom stereocenters. The molecule has 2 amide bonds. The minimum Gasteiger partial charge on any atom is -0.481 e. The Morgan fingerprint density at radius 1 is 1.18 bits per heavy atom. The number of carboxylic acid groups (broad SMARTS) is 1. The van der Waals surface area contributed by atoms with Gasteiger partial charge in [-0.3, -0.25) is 9.59 Å². The van der Waals surface area contributed by atoms with Crippen LogP contribution in [0.3, 0.4) is 0 Å². The van der Waals surface area contributed by atoms with Crippen molar-refractivity contribution in [2.45, 2.75) is 45.8 Å². The van der Waals surface area contributed by atoms with Crippen molar-refractivity contribution in [2.75, 3.05) is 13.2 Å². The lowest BCUT2D eigenvalue weighted by molar-refractivity contribution is -0.138. The molecule has 0 heterocycles. The average Bonchev–Trinajstić information content (AvgIpc) is 2.59. The lowest BCUT2D eigenvalue weighted by atomic mass is 10.1. The Morgan fingerprint density at radius 2 is 1.82 bits per heavy atom. The Kier molecular flexibility index (Phi) is 8.82. The summed E-state index contributed by atoms with van der Waals surface area (Å²) in [5.74, 6) is 4.34. The van der Waals surface area contributed by atoms with Crippen molar-refractivity contribution in [2.24, 2.45) is 0 Å². The van der Waals surface area contributed by atoms with Gasteiger partial charge in [0, 0.05) is 6.42 Å². The van der Waals surface area contributed by atoms with Crippen LogP contribution in [-0.2, 0) is 20.7 Å². The summed E-state index contributed by atoms with van der Waals surface area (Å²) in [4.78, 5) is 35.0. The number of alkyl carbamates (subject to hydrolysis) is 1. The molecule has 0 aliphatic rings. The van der Waals surface area contributed by atoms with Crippen LogP contribution < -0.4 is 15.4 Å². The number of hydrogen-bond donors (Lipinski definition) is 3. The van der Waals surface area contributed by atoms with Gasteiger partial charge in [-0.15, -0.1) is 5.92 Å². The van der Waals surface area contributed by atoms with Crippen molar-refractivity contribution in [3.63, 3.8) is 0 Å². The van der Waals surface area contributed by atoms with E-state index in [0.29, 0.717) is 5.75 Å². The molecule has 0 fully saturated rings. The number of aliphatic carboxylic acids is 1. The average molecular weight is 390 g/mol. The topological polar surface area (TPSA) is 114 Å². The summed E-state index contributed by atoms with van der Waals surface area (Å²) in [6.45, 7) is 6.56. The van der Waals surface area contributed by atoms with Crippen LogP contribution in [0, 0.1) is 11.8 Å². The second-order valence-corrected chi connectivity index (χ2v) is 6.87. The molecule has 0 spiro atoms. The van der Waals surface area contributed by atoms with Gasteiger partial charge in [-0.2, -0.15) is 0 Å². The second-order valence-electron chi connectivity index (χ2n) is 6.87. The van der Waals surface area contributed by atoms with Gasteiger partial charge in [0.15, 0.2) is 0 Å². The van der Waals surface area contributed by atoms with Gasteiger partial charge in [0.1, 0.15) is 30.5 Å². The number of nitrogens with one attached hydrogen (secondary N) is 2. The quantitative estimate of drug-likeness (QED) is 0.583. The van der Waals surface area contributed by atoms with Crippen molar-refractivity contribution in [1.29, 1.82) is 0 Å². The number of benzene rings is 1. The standard InChI is InChI=1S/C20H26N2O6/c1-5-6-11-27-15-9-7-14(8-10-15)12-16(18(25)21-13-17(23)24)22-19(26)28-20(2,3)4/h7-10,16H,11-13H2,1-4H3,(H,21,25)(H,22,26)(H,23,24)/t16-/m0/s1. The maximum atomic E-state index is 12.3. The van der Waals surface area contributed by atoms with Crippen molar-refractivity contribution in [1.82, 2.24) is 10.6 Å². The van der Waals surface area contributed by atoms with Crippen LogP contribution in [0.5, 0.6) is 5.75 Å². The highest BCUT2D eigenvalue weighted by atomic mass is 16.6. The third-order valence-corrected chi connectivity index (χ3v) is 3.27. The number of carboxylic acids is 1. The number of carbonyl (C=O) groups is 3. The van der Waals surface area contributed by atoms with E-state index in [9.17, 15) is 14.4 Å². The molecule has 0 aliphatic carbocycles. The van der Waals surface area contributed by atoms with E-state index in [1.807, 2.05) is 0 Å². The molecule has 3 N–H and O–H groups in total. The molecule has 8 nitrogen and oxygen atoms in total. The summed E-state index contributed by atoms with van der Waals surface area (Å²) in [6, 6.07) is 5.97. The third kappa shape index (κ3) is 9.48. The zero-order valence-corrected chi connectivity index (χ0v) is 16.5. The van der Waals surface area contributed by atoms with E-state index in [1.165, 1.54) is 0 Å². The lowest BCUT2D eigenvalue weighted by Gasteiger charge is -2.23. The zero-order chi connectivity index (χ0) is 21.2. The first-order chi connectivity index (χ1) is 13.1. The Morgan fingerprint density at radius 3 is 2.36 bits per heavy atom. The highest BCUT2D eigenvalue weighted by Gasteiger charge is 2.25. The van der Waals surface area contributed by atoms with Crippen molar-refractivity contribution >= 4 is 18.0 Å². The first-order valence-electron chi connectivity index (χ1n) is 8.71. The van der Waals surface area contributed by atoms with Crippen LogP contribution in [0.2, 0.25) is 0 Å². The summed E-state index contributed by atoms with van der Waals surface area (Å²) < 4.78 is 10.6. The van der Waals surface area contributed by atoms with Crippen LogP contribution in [0.15, 0.2) is 24.3 Å². The molecule has 0 unspecified atom stereocenters. The van der Waals surface area contributed by atoms with Crippen LogP contribution in [0.4, 0.5) is 4.79 Å². The van der Waals surface area contributed by atoms with Gasteiger partial charge in [0.2, 0.25) is 5.91 Å². The Bertz CT molecular complexity index is 741. The van der Waals surface area contributed by atoms with E-state index in [2.05, 4.69) is 22.5 Å². The minimum atomic E-state index is -1.18. The van der Waals surface area contributed by atoms with Gasteiger partial charge in [-0.1, -0.05) is 18.1 Å². The summed E-state index contributed by atoms with van der Waals surface area (Å²) in [6.07, 6.45) is -0.610. The molecule has 0 bridgehead atoms. The summed E-state index contributed by atoms with van der Waals surface area (Å²) in [5, 5.41) is 13.5. The van der Waals surface area contributed by atoms with Gasteiger partial charge in [0.25, 0.3) is 0 Å². The highest BCUT2D eigenvalue weighted by molar-refractivity contribution is 5.88. The molecule has 152 valence electrons. The number of rotatable bonds is 8. The van der Waals surface area contributed by atoms with Crippen LogP contribution in [-0.4, -0.2) is 47.9 Å². The first kappa shape index (κ1) is 22.8. The van der Waals surface area contributed by atoms with E-state index in [-0.39, 0.29) is 13.0 Å². The molecule has 1 aromatic carbocycles. The highest BCUT2D eigenvalue weighted by Crippen LogP contribution is 2.14. The number of hydrogen-bond acceptors (Lipinski definition) is 5. The molecular formula is C20H26N2O6. The fourth-order valence-corrected chi connectivity index (χ4v) is 2.09. The molecule has 0 radical (unpaired) electrons. The third-order valence-electron chi connectivity index (χ3n) is 3.27. The minimum absolute atomic E-state index is 0.153. The van der Waals surface area contributed by atoms with Crippen molar-refractivity contribution < 1.29 is 29.0 Å². The molecular weight excluding hydrogens is 364 g/mol. The van der Waals surface area contributed by atoms with Gasteiger partial charge < -0.3 is 25.2 Å². The predicted molar refractivity (Wildman–Crippen MR) is 103 cm³/mol. The van der Waals surface area contributed by atoms with Crippen LogP contribution in [0.1, 0.15) is 33.3 Å². The maximum Gasteiger partial charge on any atom is 0.408 e. The Labute approximate surface area is 164 Å². The Hall–Kier alpha value is -3.21. The van der Waals surface area contributed by atoms with Crippen LogP contribution in [0.25, 0.3) is 0 Å². The number of ether oxygens (including phenoxy) is 2. The maximum absolute atomic E-state index is 12.3. The van der Waals surface area contributed by atoms with Crippen molar-refractivity contribution in [3.05, 3.63) is 29.8 Å². The molecule has 0 saturated heterocycles. The van der Waals surface area contributed by atoms with E-state index in [1.54, 1.807) is 52.0 Å². The monoisotopic (exact) mass is 390 g/mol. The van der Waals surface area contributed by atoms with Crippen LogP contribution >= 0.6 is 0 Å². The van der Waals surface area contributed by atoms with Gasteiger partial charge >= 0.3 is 12.1 Å². The molecule has 0 aliphatic heterocycles. The summed E-state index contributed by atoms with van der Waals surface area (Å²) in [7, 11) is 0. The summed E-state index contributed by atoms with van der Waals surface area (Å²) >= 11 is 0. The molecule has 1 aromatic rings.